The van der Waals surface area contributed by atoms with E-state index >= 15 is 0 Å². The molecule has 0 aliphatic carbocycles. The minimum absolute atomic E-state index is 0.0133. The molecule has 1 aliphatic rings. The fraction of sp³-hybridized carbons (Fsp3) is 0.188. The number of rotatable bonds is 5. The maximum atomic E-state index is 13.2. The first kappa shape index (κ1) is 17.6. The molecular formula is C16H16ClF2N5O. The van der Waals surface area contributed by atoms with E-state index in [1.54, 1.807) is 24.3 Å². The highest BCUT2D eigenvalue weighted by molar-refractivity contribution is 6.30. The van der Waals surface area contributed by atoms with Crippen LogP contribution >= 0.6 is 11.6 Å². The van der Waals surface area contributed by atoms with E-state index in [1.807, 2.05) is 0 Å². The molecule has 0 aromatic heterocycles. The average molecular weight is 368 g/mol. The van der Waals surface area contributed by atoms with Crippen LogP contribution in [0.4, 0.5) is 14.5 Å². The van der Waals surface area contributed by atoms with Crippen LogP contribution in [0.25, 0.3) is 0 Å². The number of hydrazine groups is 2. The Labute approximate surface area is 147 Å². The Kier molecular flexibility index (Phi) is 5.44. The minimum atomic E-state index is -0.686. The number of carbonyl (C=O) groups excluding carboxylic acids is 1. The maximum Gasteiger partial charge on any atom is 0.242 e. The summed E-state index contributed by atoms with van der Waals surface area (Å²) in [6.45, 7) is 0.0133. The van der Waals surface area contributed by atoms with Gasteiger partial charge < -0.3 is 10.6 Å². The van der Waals surface area contributed by atoms with Crippen LogP contribution in [0, 0.1) is 11.6 Å². The molecule has 132 valence electrons. The van der Waals surface area contributed by atoms with E-state index in [4.69, 9.17) is 11.6 Å². The van der Waals surface area contributed by atoms with Crippen molar-refractivity contribution in [1.82, 2.24) is 21.7 Å². The Hall–Kier alpha value is -2.26. The third-order valence-corrected chi connectivity index (χ3v) is 3.88. The van der Waals surface area contributed by atoms with Crippen molar-refractivity contribution in [2.75, 3.05) is 5.32 Å². The molecule has 2 atom stereocenters. The van der Waals surface area contributed by atoms with Gasteiger partial charge in [-0.25, -0.2) is 19.6 Å². The molecule has 0 radical (unpaired) electrons. The monoisotopic (exact) mass is 367 g/mol. The summed E-state index contributed by atoms with van der Waals surface area (Å²) in [6.07, 6.45) is -0.439. The number of hydrogen-bond donors (Lipinski definition) is 5. The van der Waals surface area contributed by atoms with E-state index in [-0.39, 0.29) is 12.5 Å². The predicted octanol–water partition coefficient (Wildman–Crippen LogP) is 1.65. The number of carbonyl (C=O) groups is 1. The largest absolute Gasteiger partial charge is 0.367 e. The van der Waals surface area contributed by atoms with Gasteiger partial charge >= 0.3 is 0 Å². The molecule has 5 N–H and O–H groups in total. The molecule has 0 saturated carbocycles. The van der Waals surface area contributed by atoms with Gasteiger partial charge in [-0.1, -0.05) is 11.6 Å². The lowest BCUT2D eigenvalue weighted by atomic mass is 10.2. The summed E-state index contributed by atoms with van der Waals surface area (Å²) in [7, 11) is 0. The van der Waals surface area contributed by atoms with Crippen molar-refractivity contribution < 1.29 is 13.6 Å². The van der Waals surface area contributed by atoms with Gasteiger partial charge in [0.05, 0.1) is 0 Å². The Balaban J connectivity index is 1.59. The molecule has 6 nitrogen and oxygen atoms in total. The van der Waals surface area contributed by atoms with Crippen molar-refractivity contribution in [3.63, 3.8) is 0 Å². The number of halogens is 3. The van der Waals surface area contributed by atoms with E-state index in [1.165, 1.54) is 12.1 Å². The molecule has 1 amide bonds. The second kappa shape index (κ2) is 7.75. The molecule has 1 heterocycles. The van der Waals surface area contributed by atoms with Gasteiger partial charge in [-0.2, -0.15) is 5.53 Å². The van der Waals surface area contributed by atoms with Gasteiger partial charge in [-0.15, -0.1) is 0 Å². The van der Waals surface area contributed by atoms with Crippen molar-refractivity contribution in [3.05, 3.63) is 64.7 Å². The lowest BCUT2D eigenvalue weighted by molar-refractivity contribution is -0.123. The van der Waals surface area contributed by atoms with Crippen molar-refractivity contribution >= 4 is 23.2 Å². The van der Waals surface area contributed by atoms with E-state index < -0.39 is 23.8 Å². The number of benzene rings is 2. The summed E-state index contributed by atoms with van der Waals surface area (Å²) >= 11 is 5.84. The number of nitrogens with one attached hydrogen (secondary N) is 5. The van der Waals surface area contributed by atoms with Crippen LogP contribution in [0.3, 0.4) is 0 Å². The molecule has 0 spiro atoms. The SMILES string of the molecule is O=C(NCc1cc(F)cc(F)c1)C1NNNC1Nc1ccc(Cl)cc1. The Morgan fingerprint density at radius 3 is 2.44 bits per heavy atom. The van der Waals surface area contributed by atoms with Crippen LogP contribution < -0.4 is 27.0 Å². The molecule has 25 heavy (non-hydrogen) atoms. The van der Waals surface area contributed by atoms with E-state index in [2.05, 4.69) is 27.0 Å². The van der Waals surface area contributed by atoms with Crippen molar-refractivity contribution in [2.45, 2.75) is 18.8 Å². The van der Waals surface area contributed by atoms with Gasteiger partial charge in [0, 0.05) is 23.3 Å². The van der Waals surface area contributed by atoms with Crippen LogP contribution in [0.2, 0.25) is 5.02 Å². The number of anilines is 1. The molecule has 1 fully saturated rings. The van der Waals surface area contributed by atoms with Crippen LogP contribution in [-0.2, 0) is 11.3 Å². The van der Waals surface area contributed by atoms with Crippen LogP contribution in [0.1, 0.15) is 5.56 Å². The molecule has 2 aromatic carbocycles. The quantitative estimate of drug-likeness (QED) is 0.555. The minimum Gasteiger partial charge on any atom is -0.367 e. The Morgan fingerprint density at radius 2 is 1.76 bits per heavy atom. The fourth-order valence-electron chi connectivity index (χ4n) is 2.44. The summed E-state index contributed by atoms with van der Waals surface area (Å²) < 4.78 is 26.4. The van der Waals surface area contributed by atoms with Crippen molar-refractivity contribution in [1.29, 1.82) is 0 Å². The topological polar surface area (TPSA) is 77.2 Å². The van der Waals surface area contributed by atoms with Gasteiger partial charge in [0.15, 0.2) is 0 Å². The third kappa shape index (κ3) is 4.64. The van der Waals surface area contributed by atoms with Gasteiger partial charge in [-0.3, -0.25) is 4.79 Å². The zero-order valence-electron chi connectivity index (χ0n) is 12.9. The smallest absolute Gasteiger partial charge is 0.242 e. The average Bonchev–Trinajstić information content (AvgIpc) is 3.02. The number of hydrogen-bond acceptors (Lipinski definition) is 5. The van der Waals surface area contributed by atoms with Crippen LogP contribution in [0.5, 0.6) is 0 Å². The second-order valence-electron chi connectivity index (χ2n) is 5.52. The van der Waals surface area contributed by atoms with Crippen molar-refractivity contribution in [3.8, 4) is 0 Å². The van der Waals surface area contributed by atoms with Gasteiger partial charge in [-0.05, 0) is 42.0 Å². The summed E-state index contributed by atoms with van der Waals surface area (Å²) in [5.41, 5.74) is 9.47. The van der Waals surface area contributed by atoms with E-state index in [0.29, 0.717) is 10.6 Å². The Bertz CT molecular complexity index is 738. The zero-order valence-corrected chi connectivity index (χ0v) is 13.7. The molecule has 0 bridgehead atoms. The van der Waals surface area contributed by atoms with Crippen LogP contribution in [-0.4, -0.2) is 18.1 Å². The highest BCUT2D eigenvalue weighted by atomic mass is 35.5. The van der Waals surface area contributed by atoms with Gasteiger partial charge in [0.2, 0.25) is 5.91 Å². The first-order chi connectivity index (χ1) is 12.0. The zero-order chi connectivity index (χ0) is 17.8. The maximum absolute atomic E-state index is 13.2. The lowest BCUT2D eigenvalue weighted by Crippen LogP contribution is -2.50. The summed E-state index contributed by atoms with van der Waals surface area (Å²) in [5.74, 6) is -1.71. The van der Waals surface area contributed by atoms with Crippen molar-refractivity contribution in [2.24, 2.45) is 0 Å². The number of amides is 1. The third-order valence-electron chi connectivity index (χ3n) is 3.63. The normalized spacial score (nSPS) is 19.6. The highest BCUT2D eigenvalue weighted by Crippen LogP contribution is 2.15. The predicted molar refractivity (Wildman–Crippen MR) is 90.3 cm³/mol. The lowest BCUT2D eigenvalue weighted by Gasteiger charge is -2.20. The molecule has 1 saturated heterocycles. The molecule has 1 aliphatic heterocycles. The summed E-state index contributed by atoms with van der Waals surface area (Å²) in [4.78, 5) is 12.3. The molecule has 2 unspecified atom stereocenters. The molecule has 2 aromatic rings. The first-order valence-electron chi connectivity index (χ1n) is 7.52. The molecular weight excluding hydrogens is 352 g/mol. The Morgan fingerprint density at radius 1 is 1.08 bits per heavy atom. The molecule has 9 heteroatoms. The first-order valence-corrected chi connectivity index (χ1v) is 7.90. The highest BCUT2D eigenvalue weighted by Gasteiger charge is 2.32. The molecule has 3 rings (SSSR count). The van der Waals surface area contributed by atoms with E-state index in [9.17, 15) is 13.6 Å². The second-order valence-corrected chi connectivity index (χ2v) is 5.95. The summed E-state index contributed by atoms with van der Waals surface area (Å²) in [5, 5.41) is 6.39. The summed E-state index contributed by atoms with van der Waals surface area (Å²) in [6, 6.07) is 9.51. The fourth-order valence-corrected chi connectivity index (χ4v) is 2.56. The van der Waals surface area contributed by atoms with Gasteiger partial charge in [0.1, 0.15) is 23.8 Å². The standard InChI is InChI=1S/C16H16ClF2N5O/c17-10-1-3-13(4-2-10)21-15-14(22-24-23-15)16(25)20-8-9-5-11(18)7-12(19)6-9/h1-7,14-15,21-24H,8H2,(H,20,25). The van der Waals surface area contributed by atoms with E-state index in [0.717, 1.165) is 11.8 Å². The van der Waals surface area contributed by atoms with Crippen LogP contribution in [0.15, 0.2) is 42.5 Å². The van der Waals surface area contributed by atoms with Gasteiger partial charge in [0.25, 0.3) is 0 Å².